The molecule has 0 aliphatic rings. The molecule has 1 aromatic rings. The fraction of sp³-hybridized carbons (Fsp3) is 0.467. The second kappa shape index (κ2) is 6.33. The standard InChI is InChI=1S/C15H22N2/c1-6-13-8-9-15(14(7-2)10-13)12(5)17-16-11(3)4/h8-10H,6-7H2,1-5H3/b17-12+. The van der Waals surface area contributed by atoms with Gasteiger partial charge >= 0.3 is 0 Å². The lowest BCUT2D eigenvalue weighted by molar-refractivity contribution is 1.08. The van der Waals surface area contributed by atoms with Gasteiger partial charge in [0.2, 0.25) is 0 Å². The van der Waals surface area contributed by atoms with Crippen molar-refractivity contribution in [1.29, 1.82) is 0 Å². The highest BCUT2D eigenvalue weighted by Gasteiger charge is 2.05. The first kappa shape index (κ1) is 13.6. The molecule has 1 aromatic carbocycles. The van der Waals surface area contributed by atoms with Gasteiger partial charge in [-0.1, -0.05) is 32.0 Å². The maximum absolute atomic E-state index is 4.26. The lowest BCUT2D eigenvalue weighted by Gasteiger charge is -2.08. The van der Waals surface area contributed by atoms with Crippen LogP contribution in [0.25, 0.3) is 0 Å². The predicted octanol–water partition coefficient (Wildman–Crippen LogP) is 4.02. The van der Waals surface area contributed by atoms with Crippen molar-refractivity contribution in [3.05, 3.63) is 34.9 Å². The van der Waals surface area contributed by atoms with E-state index in [9.17, 15) is 0 Å². The Hall–Kier alpha value is -1.44. The SMILES string of the molecule is CCc1ccc(/C(C)=N/N=C(C)C)c(CC)c1. The minimum absolute atomic E-state index is 0.979. The summed E-state index contributed by atoms with van der Waals surface area (Å²) in [5, 5.41) is 8.39. The molecule has 0 atom stereocenters. The molecule has 0 saturated heterocycles. The van der Waals surface area contributed by atoms with Crippen molar-refractivity contribution in [3.63, 3.8) is 0 Å². The number of nitrogens with zero attached hydrogens (tertiary/aromatic N) is 2. The van der Waals surface area contributed by atoms with E-state index in [2.05, 4.69) is 42.2 Å². The first-order chi connectivity index (χ1) is 8.08. The molecule has 0 saturated carbocycles. The highest BCUT2D eigenvalue weighted by molar-refractivity contribution is 6.00. The summed E-state index contributed by atoms with van der Waals surface area (Å²) < 4.78 is 0. The van der Waals surface area contributed by atoms with Gasteiger partial charge in [-0.05, 0) is 44.7 Å². The number of hydrogen-bond donors (Lipinski definition) is 0. The summed E-state index contributed by atoms with van der Waals surface area (Å²) in [5.74, 6) is 0. The highest BCUT2D eigenvalue weighted by atomic mass is 15.2. The van der Waals surface area contributed by atoms with E-state index in [0.717, 1.165) is 24.3 Å². The topological polar surface area (TPSA) is 24.7 Å². The van der Waals surface area contributed by atoms with E-state index in [1.165, 1.54) is 16.7 Å². The Kier molecular flexibility index (Phi) is 5.08. The van der Waals surface area contributed by atoms with E-state index in [4.69, 9.17) is 0 Å². The molecule has 0 unspecified atom stereocenters. The Morgan fingerprint density at radius 3 is 2.24 bits per heavy atom. The summed E-state index contributed by atoms with van der Waals surface area (Å²) in [6.45, 7) is 10.3. The molecule has 0 bridgehead atoms. The van der Waals surface area contributed by atoms with Crippen molar-refractivity contribution >= 4 is 11.4 Å². The zero-order valence-corrected chi connectivity index (χ0v) is 11.5. The molecule has 1 rings (SSSR count). The van der Waals surface area contributed by atoms with Gasteiger partial charge in [0.05, 0.1) is 5.71 Å². The fourth-order valence-electron chi connectivity index (χ4n) is 1.74. The second-order valence-electron chi connectivity index (χ2n) is 4.43. The highest BCUT2D eigenvalue weighted by Crippen LogP contribution is 2.15. The van der Waals surface area contributed by atoms with Gasteiger partial charge < -0.3 is 0 Å². The Morgan fingerprint density at radius 2 is 1.71 bits per heavy atom. The average molecular weight is 230 g/mol. The molecule has 0 fully saturated rings. The van der Waals surface area contributed by atoms with Crippen LogP contribution in [0.15, 0.2) is 28.4 Å². The van der Waals surface area contributed by atoms with E-state index in [-0.39, 0.29) is 0 Å². The van der Waals surface area contributed by atoms with Crippen LogP contribution in [0.4, 0.5) is 0 Å². The molecular formula is C15H22N2. The van der Waals surface area contributed by atoms with Crippen LogP contribution in [0, 0.1) is 0 Å². The molecule has 17 heavy (non-hydrogen) atoms. The van der Waals surface area contributed by atoms with Crippen LogP contribution < -0.4 is 0 Å². The van der Waals surface area contributed by atoms with Gasteiger partial charge in [-0.3, -0.25) is 0 Å². The van der Waals surface area contributed by atoms with Gasteiger partial charge in [-0.2, -0.15) is 10.2 Å². The third-order valence-corrected chi connectivity index (χ3v) is 2.75. The molecule has 0 spiro atoms. The van der Waals surface area contributed by atoms with E-state index >= 15 is 0 Å². The number of hydrogen-bond acceptors (Lipinski definition) is 2. The van der Waals surface area contributed by atoms with Crippen molar-refractivity contribution in [2.75, 3.05) is 0 Å². The van der Waals surface area contributed by atoms with Crippen molar-refractivity contribution in [3.8, 4) is 0 Å². The molecular weight excluding hydrogens is 208 g/mol. The zero-order chi connectivity index (χ0) is 12.8. The van der Waals surface area contributed by atoms with E-state index < -0.39 is 0 Å². The van der Waals surface area contributed by atoms with Crippen LogP contribution in [0.5, 0.6) is 0 Å². The summed E-state index contributed by atoms with van der Waals surface area (Å²) in [5.41, 5.74) is 5.93. The van der Waals surface area contributed by atoms with Gasteiger partial charge in [0.25, 0.3) is 0 Å². The maximum Gasteiger partial charge on any atom is 0.0674 e. The maximum atomic E-state index is 4.26. The molecule has 2 nitrogen and oxygen atoms in total. The Bertz CT molecular complexity index is 438. The normalized spacial score (nSPS) is 11.5. The lowest BCUT2D eigenvalue weighted by Crippen LogP contribution is -2.01. The molecule has 0 radical (unpaired) electrons. The third kappa shape index (κ3) is 3.81. The summed E-state index contributed by atoms with van der Waals surface area (Å²) in [4.78, 5) is 0. The van der Waals surface area contributed by atoms with Gasteiger partial charge in [0.15, 0.2) is 0 Å². The van der Waals surface area contributed by atoms with Crippen LogP contribution in [0.1, 0.15) is 51.3 Å². The smallest absolute Gasteiger partial charge is 0.0674 e. The molecule has 0 aliphatic heterocycles. The van der Waals surface area contributed by atoms with Crippen molar-refractivity contribution in [1.82, 2.24) is 0 Å². The first-order valence-electron chi connectivity index (χ1n) is 6.26. The van der Waals surface area contributed by atoms with Gasteiger partial charge in [-0.15, -0.1) is 0 Å². The monoisotopic (exact) mass is 230 g/mol. The minimum Gasteiger partial charge on any atom is -0.160 e. The zero-order valence-electron chi connectivity index (χ0n) is 11.5. The summed E-state index contributed by atoms with van der Waals surface area (Å²) in [6.07, 6.45) is 2.11. The van der Waals surface area contributed by atoms with Gasteiger partial charge in [-0.25, -0.2) is 0 Å². The van der Waals surface area contributed by atoms with Crippen molar-refractivity contribution in [2.45, 2.75) is 47.5 Å². The predicted molar refractivity (Wildman–Crippen MR) is 76.2 cm³/mol. The van der Waals surface area contributed by atoms with Gasteiger partial charge in [0.1, 0.15) is 0 Å². The lowest BCUT2D eigenvalue weighted by atomic mass is 9.98. The first-order valence-corrected chi connectivity index (χ1v) is 6.26. The molecule has 92 valence electrons. The largest absolute Gasteiger partial charge is 0.160 e. The van der Waals surface area contributed by atoms with Crippen molar-refractivity contribution in [2.24, 2.45) is 10.2 Å². The fourth-order valence-corrected chi connectivity index (χ4v) is 1.74. The molecule has 0 heterocycles. The van der Waals surface area contributed by atoms with Crippen LogP contribution in [-0.4, -0.2) is 11.4 Å². The van der Waals surface area contributed by atoms with Crippen LogP contribution >= 0.6 is 0 Å². The van der Waals surface area contributed by atoms with Gasteiger partial charge in [0, 0.05) is 11.3 Å². The van der Waals surface area contributed by atoms with E-state index in [1.807, 2.05) is 20.8 Å². The quantitative estimate of drug-likeness (QED) is 0.551. The van der Waals surface area contributed by atoms with Crippen LogP contribution in [0.3, 0.4) is 0 Å². The summed E-state index contributed by atoms with van der Waals surface area (Å²) >= 11 is 0. The average Bonchev–Trinajstić information content (AvgIpc) is 2.34. The number of rotatable bonds is 4. The van der Waals surface area contributed by atoms with E-state index in [0.29, 0.717) is 0 Å². The number of aryl methyl sites for hydroxylation is 2. The Labute approximate surface area is 104 Å². The summed E-state index contributed by atoms with van der Waals surface area (Å²) in [6, 6.07) is 6.61. The molecule has 0 N–H and O–H groups in total. The van der Waals surface area contributed by atoms with Crippen LogP contribution in [0.2, 0.25) is 0 Å². The molecule has 0 amide bonds. The Balaban J connectivity index is 3.13. The molecule has 0 aromatic heterocycles. The molecule has 0 aliphatic carbocycles. The van der Waals surface area contributed by atoms with Crippen LogP contribution in [-0.2, 0) is 12.8 Å². The number of benzene rings is 1. The third-order valence-electron chi connectivity index (χ3n) is 2.75. The second-order valence-corrected chi connectivity index (χ2v) is 4.43. The molecule has 2 heteroatoms. The minimum atomic E-state index is 0.979. The Morgan fingerprint density at radius 1 is 1.00 bits per heavy atom. The van der Waals surface area contributed by atoms with E-state index in [1.54, 1.807) is 0 Å². The summed E-state index contributed by atoms with van der Waals surface area (Å²) in [7, 11) is 0. The van der Waals surface area contributed by atoms with Crippen molar-refractivity contribution < 1.29 is 0 Å².